The SMILES string of the molecule is CCCCCC1(C)CCC(C)(C)C2=C1N(C)C1N2c2ccccc2C(C)(CC)C1(C)CC. The number of benzene rings is 1. The number of unbranched alkanes of at least 4 members (excludes halogenated alkanes) is 2. The van der Waals surface area contributed by atoms with Gasteiger partial charge in [-0.15, -0.1) is 0 Å². The minimum Gasteiger partial charge on any atom is -0.355 e. The van der Waals surface area contributed by atoms with Gasteiger partial charge in [0.2, 0.25) is 0 Å². The van der Waals surface area contributed by atoms with E-state index in [0.717, 1.165) is 0 Å². The Morgan fingerprint density at radius 3 is 2.19 bits per heavy atom. The maximum atomic E-state index is 2.82. The van der Waals surface area contributed by atoms with Gasteiger partial charge in [-0.3, -0.25) is 0 Å². The van der Waals surface area contributed by atoms with Crippen LogP contribution in [-0.2, 0) is 5.41 Å². The zero-order valence-corrected chi connectivity index (χ0v) is 22.4. The van der Waals surface area contributed by atoms with E-state index in [1.807, 2.05) is 0 Å². The summed E-state index contributed by atoms with van der Waals surface area (Å²) in [6.45, 7) is 19.9. The Bertz CT molecular complexity index is 898. The van der Waals surface area contributed by atoms with Gasteiger partial charge in [-0.2, -0.15) is 0 Å². The molecule has 0 saturated carbocycles. The van der Waals surface area contributed by atoms with Crippen molar-refractivity contribution >= 4 is 5.69 Å². The van der Waals surface area contributed by atoms with E-state index in [0.29, 0.717) is 6.17 Å². The van der Waals surface area contributed by atoms with Gasteiger partial charge in [-0.1, -0.05) is 92.9 Å². The summed E-state index contributed by atoms with van der Waals surface area (Å²) in [5.74, 6) is 0. The predicted octanol–water partition coefficient (Wildman–Crippen LogP) is 8.48. The summed E-state index contributed by atoms with van der Waals surface area (Å²) in [6.07, 6.45) is 10.6. The first kappa shape index (κ1) is 23.7. The summed E-state index contributed by atoms with van der Waals surface area (Å²) >= 11 is 0. The van der Waals surface area contributed by atoms with Crippen LogP contribution in [0, 0.1) is 16.2 Å². The number of hydrogen-bond donors (Lipinski definition) is 0. The Hall–Kier alpha value is -1.44. The summed E-state index contributed by atoms with van der Waals surface area (Å²) in [6, 6.07) is 9.36. The molecule has 4 rings (SSSR count). The molecule has 0 saturated heterocycles. The molecule has 2 heterocycles. The summed E-state index contributed by atoms with van der Waals surface area (Å²) in [4.78, 5) is 5.58. The lowest BCUT2D eigenvalue weighted by atomic mass is 9.55. The average Bonchev–Trinajstić information content (AvgIpc) is 3.11. The fourth-order valence-electron chi connectivity index (χ4n) is 7.77. The Balaban J connectivity index is 1.97. The van der Waals surface area contributed by atoms with E-state index < -0.39 is 0 Å². The number of anilines is 1. The van der Waals surface area contributed by atoms with Gasteiger partial charge in [0.15, 0.2) is 0 Å². The number of nitrogens with zero attached hydrogens (tertiary/aromatic N) is 2. The van der Waals surface area contributed by atoms with Gasteiger partial charge in [0.05, 0.1) is 0 Å². The van der Waals surface area contributed by atoms with Crippen molar-refractivity contribution in [2.24, 2.45) is 16.2 Å². The minimum atomic E-state index is 0.158. The molecule has 0 N–H and O–H groups in total. The van der Waals surface area contributed by atoms with Crippen molar-refractivity contribution in [3.63, 3.8) is 0 Å². The molecule has 2 aliphatic heterocycles. The maximum absolute atomic E-state index is 2.82. The molecule has 2 nitrogen and oxygen atoms in total. The van der Waals surface area contributed by atoms with Crippen molar-refractivity contribution in [2.75, 3.05) is 11.9 Å². The Morgan fingerprint density at radius 1 is 0.875 bits per heavy atom. The maximum Gasteiger partial charge on any atom is 0.112 e. The largest absolute Gasteiger partial charge is 0.355 e. The summed E-state index contributed by atoms with van der Waals surface area (Å²) in [5, 5.41) is 0. The number of allylic oxidation sites excluding steroid dienone is 2. The van der Waals surface area contributed by atoms with Crippen LogP contribution in [0.1, 0.15) is 112 Å². The normalized spacial score (nSPS) is 35.6. The van der Waals surface area contributed by atoms with Crippen molar-refractivity contribution in [2.45, 2.75) is 118 Å². The van der Waals surface area contributed by atoms with E-state index in [2.05, 4.69) is 96.5 Å². The van der Waals surface area contributed by atoms with Crippen molar-refractivity contribution in [1.29, 1.82) is 0 Å². The van der Waals surface area contributed by atoms with Crippen LogP contribution in [0.25, 0.3) is 0 Å². The lowest BCUT2D eigenvalue weighted by molar-refractivity contribution is 0.0270. The zero-order chi connectivity index (χ0) is 23.5. The highest BCUT2D eigenvalue weighted by Gasteiger charge is 2.63. The monoisotopic (exact) mass is 436 g/mol. The molecule has 4 atom stereocenters. The second-order valence-electron chi connectivity index (χ2n) is 12.4. The van der Waals surface area contributed by atoms with Crippen molar-refractivity contribution in [3.05, 3.63) is 41.2 Å². The number of rotatable bonds is 6. The molecular weight excluding hydrogens is 388 g/mol. The van der Waals surface area contributed by atoms with E-state index >= 15 is 0 Å². The van der Waals surface area contributed by atoms with Crippen LogP contribution in [0.15, 0.2) is 35.7 Å². The molecule has 1 aliphatic carbocycles. The van der Waals surface area contributed by atoms with Crippen molar-refractivity contribution in [1.82, 2.24) is 4.90 Å². The standard InChI is InChI=1S/C30H48N2/c1-10-13-16-19-28(6)21-20-27(4,5)24-25(28)31(9)26-30(8,12-3)29(7,11-2)22-17-14-15-18-23(22)32(24)26/h14-15,17-18,26H,10-13,16,19-21H2,1-9H3. The molecule has 3 aliphatic rings. The highest BCUT2D eigenvalue weighted by Crippen LogP contribution is 2.66. The van der Waals surface area contributed by atoms with Crippen LogP contribution in [-0.4, -0.2) is 18.1 Å². The first-order valence-electron chi connectivity index (χ1n) is 13.4. The smallest absolute Gasteiger partial charge is 0.112 e. The van der Waals surface area contributed by atoms with Gasteiger partial charge in [0, 0.05) is 45.8 Å². The third-order valence-corrected chi connectivity index (χ3v) is 10.3. The number of hydrogen-bond acceptors (Lipinski definition) is 2. The predicted molar refractivity (Wildman–Crippen MR) is 139 cm³/mol. The van der Waals surface area contributed by atoms with Gasteiger partial charge in [-0.05, 0) is 43.7 Å². The quantitative estimate of drug-likeness (QED) is 0.412. The highest BCUT2D eigenvalue weighted by atomic mass is 15.4. The van der Waals surface area contributed by atoms with Crippen LogP contribution in [0.3, 0.4) is 0 Å². The molecule has 32 heavy (non-hydrogen) atoms. The molecule has 1 aromatic rings. The molecule has 0 aromatic heterocycles. The molecule has 0 bridgehead atoms. The van der Waals surface area contributed by atoms with Crippen LogP contribution >= 0.6 is 0 Å². The molecule has 2 heteroatoms. The third-order valence-electron chi connectivity index (χ3n) is 10.3. The first-order valence-corrected chi connectivity index (χ1v) is 13.4. The molecule has 4 unspecified atom stereocenters. The second-order valence-corrected chi connectivity index (χ2v) is 12.4. The Kier molecular flexibility index (Phi) is 5.79. The topological polar surface area (TPSA) is 6.48 Å². The molecule has 0 spiro atoms. The van der Waals surface area contributed by atoms with Crippen LogP contribution in [0.5, 0.6) is 0 Å². The lowest BCUT2D eigenvalue weighted by Crippen LogP contribution is -2.62. The molecular formula is C30H48N2. The van der Waals surface area contributed by atoms with E-state index in [4.69, 9.17) is 0 Å². The van der Waals surface area contributed by atoms with Gasteiger partial charge in [0.1, 0.15) is 6.17 Å². The van der Waals surface area contributed by atoms with Crippen LogP contribution in [0.4, 0.5) is 5.69 Å². The first-order chi connectivity index (χ1) is 15.0. The summed E-state index contributed by atoms with van der Waals surface area (Å²) < 4.78 is 0. The number of para-hydroxylation sites is 1. The van der Waals surface area contributed by atoms with Gasteiger partial charge >= 0.3 is 0 Å². The van der Waals surface area contributed by atoms with E-state index in [1.165, 1.54) is 57.1 Å². The van der Waals surface area contributed by atoms with Crippen molar-refractivity contribution < 1.29 is 0 Å². The molecule has 1 aromatic carbocycles. The van der Waals surface area contributed by atoms with E-state index in [-0.39, 0.29) is 21.7 Å². The fourth-order valence-corrected chi connectivity index (χ4v) is 7.77. The van der Waals surface area contributed by atoms with Crippen LogP contribution < -0.4 is 4.90 Å². The number of fused-ring (bicyclic) bond motifs is 4. The molecule has 0 fully saturated rings. The molecule has 0 amide bonds. The second kappa shape index (κ2) is 7.81. The molecule has 0 radical (unpaired) electrons. The Labute approximate surface area is 198 Å². The average molecular weight is 437 g/mol. The summed E-state index contributed by atoms with van der Waals surface area (Å²) in [7, 11) is 2.43. The van der Waals surface area contributed by atoms with E-state index in [1.54, 1.807) is 17.0 Å². The third kappa shape index (κ3) is 2.96. The highest BCUT2D eigenvalue weighted by molar-refractivity contribution is 5.69. The zero-order valence-electron chi connectivity index (χ0n) is 22.4. The summed E-state index contributed by atoms with van der Waals surface area (Å²) in [5.41, 5.74) is 7.11. The van der Waals surface area contributed by atoms with Gasteiger partial charge in [-0.25, -0.2) is 0 Å². The van der Waals surface area contributed by atoms with Gasteiger partial charge < -0.3 is 9.80 Å². The van der Waals surface area contributed by atoms with E-state index in [9.17, 15) is 0 Å². The van der Waals surface area contributed by atoms with Gasteiger partial charge in [0.25, 0.3) is 0 Å². The minimum absolute atomic E-state index is 0.158. The molecule has 178 valence electrons. The van der Waals surface area contributed by atoms with Crippen LogP contribution in [0.2, 0.25) is 0 Å². The fraction of sp³-hybridized carbons (Fsp3) is 0.733. The lowest BCUT2D eigenvalue weighted by Gasteiger charge is -2.59. The Morgan fingerprint density at radius 2 is 1.56 bits per heavy atom. The van der Waals surface area contributed by atoms with Crippen molar-refractivity contribution in [3.8, 4) is 0 Å².